The van der Waals surface area contributed by atoms with Crippen LogP contribution in [0, 0.1) is 0 Å². The van der Waals surface area contributed by atoms with Crippen molar-refractivity contribution in [3.63, 3.8) is 0 Å². The summed E-state index contributed by atoms with van der Waals surface area (Å²) in [5.74, 6) is 0.203. The minimum atomic E-state index is 0.203. The van der Waals surface area contributed by atoms with Gasteiger partial charge < -0.3 is 0 Å². The van der Waals surface area contributed by atoms with Crippen molar-refractivity contribution in [3.05, 3.63) is 64.4 Å². The summed E-state index contributed by atoms with van der Waals surface area (Å²) in [6.45, 7) is 2.65. The number of hydrogen-bond acceptors (Lipinski definition) is 3. The topological polar surface area (TPSA) is 20.3 Å². The molecule has 114 valence electrons. The van der Waals surface area contributed by atoms with Crippen molar-refractivity contribution in [1.82, 2.24) is 4.90 Å². The van der Waals surface area contributed by atoms with E-state index in [1.165, 1.54) is 19.3 Å². The fraction of sp³-hybridized carbons (Fsp3) is 0.316. The summed E-state index contributed by atoms with van der Waals surface area (Å²) in [6, 6.07) is 14.3. The third kappa shape index (κ3) is 3.93. The molecule has 1 saturated heterocycles. The van der Waals surface area contributed by atoms with Crippen LogP contribution in [0.2, 0.25) is 0 Å². The zero-order valence-corrected chi connectivity index (χ0v) is 13.5. The lowest BCUT2D eigenvalue weighted by atomic mass is 10.0. The molecule has 0 N–H and O–H groups in total. The Kier molecular flexibility index (Phi) is 5.20. The number of nitrogens with zero attached hydrogens (tertiary/aromatic N) is 1. The molecule has 1 aromatic heterocycles. The van der Waals surface area contributed by atoms with Crippen molar-refractivity contribution in [2.75, 3.05) is 19.6 Å². The van der Waals surface area contributed by atoms with Gasteiger partial charge in [0.2, 0.25) is 0 Å². The molecule has 1 aliphatic rings. The van der Waals surface area contributed by atoms with Gasteiger partial charge in [0.15, 0.2) is 5.78 Å². The average Bonchev–Trinajstić information content (AvgIpc) is 3.08. The van der Waals surface area contributed by atoms with Crippen molar-refractivity contribution in [1.29, 1.82) is 0 Å². The Labute approximate surface area is 136 Å². The Morgan fingerprint density at radius 1 is 1.05 bits per heavy atom. The number of thiophene rings is 1. The van der Waals surface area contributed by atoms with Gasteiger partial charge in [-0.05, 0) is 49.0 Å². The summed E-state index contributed by atoms with van der Waals surface area (Å²) >= 11 is 1.68. The molecule has 0 bridgehead atoms. The Bertz CT molecular complexity index is 625. The molecular formula is C19H21NOS. The molecule has 0 atom stereocenters. The smallest absolute Gasteiger partial charge is 0.170 e. The van der Waals surface area contributed by atoms with Crippen molar-refractivity contribution >= 4 is 22.7 Å². The molecule has 3 rings (SSSR count). The molecule has 22 heavy (non-hydrogen) atoms. The molecule has 1 aromatic carbocycles. The molecule has 0 amide bonds. The Balaban J connectivity index is 1.81. The molecule has 2 aromatic rings. The van der Waals surface area contributed by atoms with Crippen LogP contribution in [-0.4, -0.2) is 30.3 Å². The van der Waals surface area contributed by atoms with Crippen LogP contribution in [0.1, 0.15) is 29.7 Å². The zero-order chi connectivity index (χ0) is 15.2. The first-order chi connectivity index (χ1) is 10.8. The van der Waals surface area contributed by atoms with Gasteiger partial charge >= 0.3 is 0 Å². The SMILES string of the molecule is O=C(/C=C(/c1ccccc1)c1cccs1)CN1CCCCC1. The Morgan fingerprint density at radius 2 is 1.82 bits per heavy atom. The number of rotatable bonds is 5. The van der Waals surface area contributed by atoms with Crippen LogP contribution in [0.3, 0.4) is 0 Å². The molecule has 0 saturated carbocycles. The van der Waals surface area contributed by atoms with Gasteiger partial charge in [0.05, 0.1) is 6.54 Å². The minimum Gasteiger partial charge on any atom is -0.296 e. The van der Waals surface area contributed by atoms with Gasteiger partial charge in [-0.2, -0.15) is 0 Å². The van der Waals surface area contributed by atoms with E-state index in [-0.39, 0.29) is 5.78 Å². The molecule has 0 aliphatic carbocycles. The highest BCUT2D eigenvalue weighted by molar-refractivity contribution is 7.11. The van der Waals surface area contributed by atoms with Gasteiger partial charge in [0.25, 0.3) is 0 Å². The van der Waals surface area contributed by atoms with Crippen LogP contribution >= 0.6 is 11.3 Å². The first-order valence-electron chi connectivity index (χ1n) is 7.89. The summed E-state index contributed by atoms with van der Waals surface area (Å²) in [5.41, 5.74) is 2.15. The fourth-order valence-corrected chi connectivity index (χ4v) is 3.66. The van der Waals surface area contributed by atoms with Crippen LogP contribution < -0.4 is 0 Å². The number of carbonyl (C=O) groups excluding carboxylic acids is 1. The van der Waals surface area contributed by atoms with Gasteiger partial charge in [0, 0.05) is 10.5 Å². The van der Waals surface area contributed by atoms with E-state index in [9.17, 15) is 4.79 Å². The van der Waals surface area contributed by atoms with Crippen molar-refractivity contribution in [2.45, 2.75) is 19.3 Å². The maximum absolute atomic E-state index is 12.5. The van der Waals surface area contributed by atoms with Crippen molar-refractivity contribution in [3.8, 4) is 0 Å². The zero-order valence-electron chi connectivity index (χ0n) is 12.7. The lowest BCUT2D eigenvalue weighted by Crippen LogP contribution is -2.33. The van der Waals surface area contributed by atoms with Gasteiger partial charge in [-0.25, -0.2) is 0 Å². The van der Waals surface area contributed by atoms with Gasteiger partial charge in [-0.3, -0.25) is 9.69 Å². The molecular weight excluding hydrogens is 290 g/mol. The minimum absolute atomic E-state index is 0.203. The van der Waals surface area contributed by atoms with E-state index in [2.05, 4.69) is 28.5 Å². The highest BCUT2D eigenvalue weighted by atomic mass is 32.1. The monoisotopic (exact) mass is 311 g/mol. The normalized spacial score (nSPS) is 16.6. The second kappa shape index (κ2) is 7.52. The summed E-state index contributed by atoms with van der Waals surface area (Å²) in [5, 5.41) is 2.06. The van der Waals surface area contributed by atoms with E-state index in [0.717, 1.165) is 29.1 Å². The van der Waals surface area contributed by atoms with E-state index in [1.807, 2.05) is 30.3 Å². The first kappa shape index (κ1) is 15.2. The third-order valence-electron chi connectivity index (χ3n) is 4.00. The molecule has 2 heterocycles. The number of hydrogen-bond donors (Lipinski definition) is 0. The summed E-state index contributed by atoms with van der Waals surface area (Å²) in [7, 11) is 0. The fourth-order valence-electron chi connectivity index (χ4n) is 2.89. The Morgan fingerprint density at radius 3 is 2.50 bits per heavy atom. The van der Waals surface area contributed by atoms with Gasteiger partial charge in [-0.1, -0.05) is 42.8 Å². The summed E-state index contributed by atoms with van der Waals surface area (Å²) in [6.07, 6.45) is 5.56. The lowest BCUT2D eigenvalue weighted by molar-refractivity contribution is -0.115. The largest absolute Gasteiger partial charge is 0.296 e. The molecule has 1 aliphatic heterocycles. The Hall–Kier alpha value is -1.71. The number of benzene rings is 1. The summed E-state index contributed by atoms with van der Waals surface area (Å²) in [4.78, 5) is 15.9. The molecule has 0 spiro atoms. The number of ketones is 1. The third-order valence-corrected chi connectivity index (χ3v) is 4.91. The highest BCUT2D eigenvalue weighted by Crippen LogP contribution is 2.27. The van der Waals surface area contributed by atoms with Crippen LogP contribution in [0.5, 0.6) is 0 Å². The lowest BCUT2D eigenvalue weighted by Gasteiger charge is -2.25. The highest BCUT2D eigenvalue weighted by Gasteiger charge is 2.14. The van der Waals surface area contributed by atoms with Crippen LogP contribution in [0.25, 0.3) is 5.57 Å². The van der Waals surface area contributed by atoms with E-state index in [0.29, 0.717) is 6.54 Å². The molecule has 1 fully saturated rings. The maximum Gasteiger partial charge on any atom is 0.170 e. The van der Waals surface area contributed by atoms with E-state index in [1.54, 1.807) is 11.3 Å². The number of piperidine rings is 1. The van der Waals surface area contributed by atoms with E-state index < -0.39 is 0 Å². The maximum atomic E-state index is 12.5. The second-order valence-corrected chi connectivity index (χ2v) is 6.65. The molecule has 2 nitrogen and oxygen atoms in total. The second-order valence-electron chi connectivity index (χ2n) is 5.70. The van der Waals surface area contributed by atoms with Crippen LogP contribution in [0.15, 0.2) is 53.9 Å². The summed E-state index contributed by atoms with van der Waals surface area (Å²) < 4.78 is 0. The van der Waals surface area contributed by atoms with Crippen LogP contribution in [-0.2, 0) is 4.79 Å². The predicted molar refractivity (Wildman–Crippen MR) is 93.1 cm³/mol. The number of carbonyl (C=O) groups is 1. The van der Waals surface area contributed by atoms with Gasteiger partial charge in [0.1, 0.15) is 0 Å². The predicted octanol–water partition coefficient (Wildman–Crippen LogP) is 4.23. The van der Waals surface area contributed by atoms with Crippen LogP contribution in [0.4, 0.5) is 0 Å². The van der Waals surface area contributed by atoms with Crippen molar-refractivity contribution in [2.24, 2.45) is 0 Å². The molecule has 0 unspecified atom stereocenters. The standard InChI is InChI=1S/C19H21NOS/c21-17(15-20-11-5-2-6-12-20)14-18(19-10-7-13-22-19)16-8-3-1-4-9-16/h1,3-4,7-10,13-14H,2,5-6,11-12,15H2/b18-14-. The van der Waals surface area contributed by atoms with E-state index in [4.69, 9.17) is 0 Å². The van der Waals surface area contributed by atoms with Crippen molar-refractivity contribution < 1.29 is 4.79 Å². The van der Waals surface area contributed by atoms with E-state index >= 15 is 0 Å². The first-order valence-corrected chi connectivity index (χ1v) is 8.77. The quantitative estimate of drug-likeness (QED) is 0.770. The van der Waals surface area contributed by atoms with Gasteiger partial charge in [-0.15, -0.1) is 11.3 Å². The number of likely N-dealkylation sites (tertiary alicyclic amines) is 1. The molecule has 3 heteroatoms. The molecule has 0 radical (unpaired) electrons. The average molecular weight is 311 g/mol.